The van der Waals surface area contributed by atoms with Gasteiger partial charge in [0.2, 0.25) is 0 Å². The number of aromatic nitrogens is 2. The molecule has 0 saturated carbocycles. The van der Waals surface area contributed by atoms with E-state index in [1.54, 1.807) is 12.5 Å². The van der Waals surface area contributed by atoms with Gasteiger partial charge in [-0.2, -0.15) is 0 Å². The highest BCUT2D eigenvalue weighted by Crippen LogP contribution is 1.87. The summed E-state index contributed by atoms with van der Waals surface area (Å²) in [6.07, 6.45) is 6.35. The van der Waals surface area contributed by atoms with Crippen molar-refractivity contribution in [1.82, 2.24) is 15.3 Å². The van der Waals surface area contributed by atoms with Crippen molar-refractivity contribution >= 4 is 0 Å². The number of aryl methyl sites for hydroxylation is 1. The van der Waals surface area contributed by atoms with Crippen molar-refractivity contribution in [2.24, 2.45) is 0 Å². The zero-order valence-electron chi connectivity index (χ0n) is 5.25. The molecule has 0 aromatic carbocycles. The van der Waals surface area contributed by atoms with Gasteiger partial charge in [0.25, 0.3) is 0 Å². The molecule has 1 aromatic heterocycles. The Labute approximate surface area is 54.5 Å². The van der Waals surface area contributed by atoms with E-state index in [0.717, 1.165) is 13.0 Å². The van der Waals surface area contributed by atoms with Crippen LogP contribution in [0.2, 0.25) is 0 Å². The van der Waals surface area contributed by atoms with Crippen LogP contribution in [0.15, 0.2) is 18.7 Å². The second kappa shape index (κ2) is 3.25. The number of rotatable bonds is 3. The number of hydrogen-bond donors (Lipinski definition) is 0. The molecule has 0 unspecified atom stereocenters. The Morgan fingerprint density at radius 2 is 2.44 bits per heavy atom. The molecule has 0 saturated heterocycles. The minimum absolute atomic E-state index is 0.498. The van der Waals surface area contributed by atoms with Crippen LogP contribution in [0.1, 0.15) is 6.42 Å². The fraction of sp³-hybridized carbons (Fsp3) is 0.500. The smallest absolute Gasteiger partial charge is 0.0945 e. The third-order valence-corrected chi connectivity index (χ3v) is 1.15. The van der Waals surface area contributed by atoms with Crippen LogP contribution in [0.4, 0.5) is 0 Å². The highest BCUT2D eigenvalue weighted by Gasteiger charge is 1.85. The minimum Gasteiger partial charge on any atom is -0.337 e. The van der Waals surface area contributed by atoms with Crippen molar-refractivity contribution in [2.45, 2.75) is 13.0 Å². The van der Waals surface area contributed by atoms with Gasteiger partial charge >= 0.3 is 0 Å². The molecule has 0 bridgehead atoms. The molecule has 1 heterocycles. The van der Waals surface area contributed by atoms with Gasteiger partial charge in [-0.3, -0.25) is 5.73 Å². The van der Waals surface area contributed by atoms with Gasteiger partial charge in [-0.25, -0.2) is 4.98 Å². The molecule has 0 spiro atoms. The lowest BCUT2D eigenvalue weighted by Crippen LogP contribution is -1.97. The fourth-order valence-electron chi connectivity index (χ4n) is 0.681. The van der Waals surface area contributed by atoms with Crippen LogP contribution < -0.4 is 5.73 Å². The number of nitrogens with one attached hydrogen (secondary N) is 1. The van der Waals surface area contributed by atoms with E-state index in [1.165, 1.54) is 0 Å². The summed E-state index contributed by atoms with van der Waals surface area (Å²) in [5.74, 6) is 0. The molecular weight excluding hydrogens is 114 g/mol. The summed E-state index contributed by atoms with van der Waals surface area (Å²) in [4.78, 5) is 3.88. The van der Waals surface area contributed by atoms with Gasteiger partial charge in [-0.15, -0.1) is 0 Å². The summed E-state index contributed by atoms with van der Waals surface area (Å²) >= 11 is 0. The standard InChI is InChI=1S/C6H10N3/c7-2-1-4-9-5-3-8-6-9/h3,5-7H,1-2,4H2. The van der Waals surface area contributed by atoms with Crippen LogP contribution in [0.25, 0.3) is 0 Å². The Morgan fingerprint density at radius 3 is 3.00 bits per heavy atom. The zero-order valence-corrected chi connectivity index (χ0v) is 5.25. The highest BCUT2D eigenvalue weighted by molar-refractivity contribution is 4.73. The minimum atomic E-state index is 0.498. The van der Waals surface area contributed by atoms with Crippen molar-refractivity contribution in [3.8, 4) is 0 Å². The Bertz CT molecular complexity index is 145. The zero-order chi connectivity index (χ0) is 6.53. The molecule has 1 radical (unpaired) electrons. The summed E-state index contributed by atoms with van der Waals surface area (Å²) in [5, 5.41) is 0. The molecule has 3 nitrogen and oxygen atoms in total. The molecule has 0 aliphatic heterocycles. The van der Waals surface area contributed by atoms with Crippen LogP contribution in [-0.2, 0) is 6.54 Å². The molecule has 0 aliphatic rings. The second-order valence-corrected chi connectivity index (χ2v) is 1.90. The largest absolute Gasteiger partial charge is 0.337 e. The van der Waals surface area contributed by atoms with Crippen LogP contribution in [-0.4, -0.2) is 16.1 Å². The van der Waals surface area contributed by atoms with Crippen molar-refractivity contribution < 1.29 is 0 Å². The highest BCUT2D eigenvalue weighted by atomic mass is 15.0. The van der Waals surface area contributed by atoms with E-state index in [0.29, 0.717) is 6.54 Å². The summed E-state index contributed by atoms with van der Waals surface area (Å²) in [7, 11) is 0. The third-order valence-electron chi connectivity index (χ3n) is 1.15. The van der Waals surface area contributed by atoms with E-state index in [4.69, 9.17) is 5.73 Å². The third kappa shape index (κ3) is 1.85. The first-order valence-corrected chi connectivity index (χ1v) is 3.04. The Hall–Kier alpha value is -0.830. The average molecular weight is 124 g/mol. The first-order valence-electron chi connectivity index (χ1n) is 3.04. The van der Waals surface area contributed by atoms with Gasteiger partial charge in [0, 0.05) is 25.5 Å². The van der Waals surface area contributed by atoms with Gasteiger partial charge in [0.05, 0.1) is 6.33 Å². The Morgan fingerprint density at radius 1 is 1.56 bits per heavy atom. The normalized spacial score (nSPS) is 9.89. The topological polar surface area (TPSA) is 41.6 Å². The van der Waals surface area contributed by atoms with Gasteiger partial charge in [0.1, 0.15) is 0 Å². The maximum Gasteiger partial charge on any atom is 0.0945 e. The maximum atomic E-state index is 6.87. The van der Waals surface area contributed by atoms with Crippen molar-refractivity contribution in [3.63, 3.8) is 0 Å². The SMILES string of the molecule is [NH]CCCn1ccnc1. The van der Waals surface area contributed by atoms with Crippen LogP contribution >= 0.6 is 0 Å². The van der Waals surface area contributed by atoms with Gasteiger partial charge in [-0.05, 0) is 6.42 Å². The van der Waals surface area contributed by atoms with Gasteiger partial charge in [0.15, 0.2) is 0 Å². The lowest BCUT2D eigenvalue weighted by molar-refractivity contribution is 0.645. The van der Waals surface area contributed by atoms with E-state index in [2.05, 4.69) is 4.98 Å². The molecule has 9 heavy (non-hydrogen) atoms. The van der Waals surface area contributed by atoms with E-state index in [-0.39, 0.29) is 0 Å². The monoisotopic (exact) mass is 124 g/mol. The van der Waals surface area contributed by atoms with E-state index in [9.17, 15) is 0 Å². The Balaban J connectivity index is 2.30. The quantitative estimate of drug-likeness (QED) is 0.580. The summed E-state index contributed by atoms with van der Waals surface area (Å²) in [6, 6.07) is 0. The lowest BCUT2D eigenvalue weighted by atomic mass is 10.4. The first kappa shape index (κ1) is 6.29. The molecule has 0 atom stereocenters. The van der Waals surface area contributed by atoms with E-state index < -0.39 is 0 Å². The fourth-order valence-corrected chi connectivity index (χ4v) is 0.681. The predicted molar refractivity (Wildman–Crippen MR) is 34.8 cm³/mol. The predicted octanol–water partition coefficient (Wildman–Crippen LogP) is 0.556. The molecule has 3 heteroatoms. The molecule has 0 aliphatic carbocycles. The molecule has 0 amide bonds. The molecule has 1 rings (SSSR count). The second-order valence-electron chi connectivity index (χ2n) is 1.90. The van der Waals surface area contributed by atoms with Gasteiger partial charge < -0.3 is 4.57 Å². The molecule has 49 valence electrons. The molecule has 1 N–H and O–H groups in total. The molecule has 0 fully saturated rings. The van der Waals surface area contributed by atoms with Crippen LogP contribution in [0, 0.1) is 0 Å². The molecule has 1 aromatic rings. The van der Waals surface area contributed by atoms with Gasteiger partial charge in [-0.1, -0.05) is 0 Å². The van der Waals surface area contributed by atoms with Crippen LogP contribution in [0.3, 0.4) is 0 Å². The van der Waals surface area contributed by atoms with E-state index in [1.807, 2.05) is 10.8 Å². The summed E-state index contributed by atoms with van der Waals surface area (Å²) < 4.78 is 1.98. The first-order chi connectivity index (χ1) is 4.43. The van der Waals surface area contributed by atoms with Crippen molar-refractivity contribution in [2.75, 3.05) is 6.54 Å². The maximum absolute atomic E-state index is 6.87. The van der Waals surface area contributed by atoms with Crippen molar-refractivity contribution in [3.05, 3.63) is 18.7 Å². The number of imidazole rings is 1. The summed E-state index contributed by atoms with van der Waals surface area (Å²) in [5.41, 5.74) is 6.87. The average Bonchev–Trinajstić information content (AvgIpc) is 2.34. The van der Waals surface area contributed by atoms with Crippen LogP contribution in [0.5, 0.6) is 0 Å². The van der Waals surface area contributed by atoms with E-state index >= 15 is 0 Å². The number of hydrogen-bond acceptors (Lipinski definition) is 1. The summed E-state index contributed by atoms with van der Waals surface area (Å²) in [6.45, 7) is 1.42. The lowest BCUT2D eigenvalue weighted by Gasteiger charge is -1.96. The number of nitrogens with zero attached hydrogens (tertiary/aromatic N) is 2. The van der Waals surface area contributed by atoms with Crippen molar-refractivity contribution in [1.29, 1.82) is 0 Å². The molecular formula is C6H10N3. The Kier molecular flexibility index (Phi) is 2.27.